The van der Waals surface area contributed by atoms with Crippen LogP contribution in [-0.2, 0) is 0 Å². The number of carbonyl (C=O) groups is 2. The first-order valence-corrected chi connectivity index (χ1v) is 7.87. The van der Waals surface area contributed by atoms with Crippen LogP contribution in [0, 0.1) is 6.92 Å². The summed E-state index contributed by atoms with van der Waals surface area (Å²) in [6.45, 7) is 6.02. The van der Waals surface area contributed by atoms with E-state index < -0.39 is 5.97 Å². The Bertz CT molecular complexity index is 771. The molecule has 1 amide bonds. The van der Waals surface area contributed by atoms with Gasteiger partial charge in [-0.15, -0.1) is 0 Å². The third kappa shape index (κ3) is 3.10. The quantitative estimate of drug-likeness (QED) is 0.896. The number of nitrogens with one attached hydrogen (secondary N) is 1. The molecule has 1 aliphatic heterocycles. The Morgan fingerprint density at radius 1 is 1.29 bits per heavy atom. The number of carboxylic acid groups (broad SMARTS) is 1. The molecule has 2 N–H and O–H groups in total. The molecular formula is C17H20N4O3. The molecule has 1 fully saturated rings. The van der Waals surface area contributed by atoms with E-state index >= 15 is 0 Å². The van der Waals surface area contributed by atoms with Crippen LogP contribution in [0.3, 0.4) is 0 Å². The van der Waals surface area contributed by atoms with Gasteiger partial charge in [0, 0.05) is 37.4 Å². The zero-order valence-corrected chi connectivity index (χ0v) is 13.7. The Hall–Kier alpha value is -2.83. The van der Waals surface area contributed by atoms with Crippen molar-refractivity contribution < 1.29 is 14.7 Å². The predicted molar refractivity (Wildman–Crippen MR) is 89.4 cm³/mol. The van der Waals surface area contributed by atoms with Gasteiger partial charge in [0.15, 0.2) is 5.69 Å². The van der Waals surface area contributed by atoms with Gasteiger partial charge in [-0.3, -0.25) is 9.89 Å². The first-order valence-electron chi connectivity index (χ1n) is 7.87. The van der Waals surface area contributed by atoms with E-state index in [1.165, 1.54) is 11.6 Å². The van der Waals surface area contributed by atoms with Gasteiger partial charge in [0.05, 0.1) is 0 Å². The molecule has 3 rings (SSSR count). The van der Waals surface area contributed by atoms with Crippen LogP contribution in [0.4, 0.5) is 5.69 Å². The molecule has 0 aliphatic carbocycles. The van der Waals surface area contributed by atoms with E-state index in [2.05, 4.69) is 47.1 Å². The van der Waals surface area contributed by atoms with Crippen LogP contribution in [-0.4, -0.2) is 57.8 Å². The fraction of sp³-hybridized carbons (Fsp3) is 0.353. The molecule has 24 heavy (non-hydrogen) atoms. The number of carbonyl (C=O) groups excluding carboxylic acids is 1. The van der Waals surface area contributed by atoms with E-state index in [1.807, 2.05) is 6.07 Å². The number of nitrogens with zero attached hydrogens (tertiary/aromatic N) is 3. The maximum absolute atomic E-state index is 12.5. The average Bonchev–Trinajstić information content (AvgIpc) is 3.04. The lowest BCUT2D eigenvalue weighted by molar-refractivity contribution is 0.0689. The zero-order chi connectivity index (χ0) is 17.3. The Balaban J connectivity index is 1.70. The van der Waals surface area contributed by atoms with Crippen LogP contribution in [0.1, 0.15) is 33.5 Å². The molecule has 0 spiro atoms. The van der Waals surface area contributed by atoms with Gasteiger partial charge in [0.2, 0.25) is 0 Å². The molecule has 0 bridgehead atoms. The average molecular weight is 328 g/mol. The second kappa shape index (κ2) is 6.35. The van der Waals surface area contributed by atoms with Crippen molar-refractivity contribution in [1.29, 1.82) is 0 Å². The van der Waals surface area contributed by atoms with Crippen molar-refractivity contribution in [3.8, 4) is 0 Å². The number of carboxylic acids is 1. The maximum atomic E-state index is 12.5. The van der Waals surface area contributed by atoms with E-state index in [1.54, 1.807) is 4.90 Å². The van der Waals surface area contributed by atoms with E-state index in [9.17, 15) is 9.59 Å². The monoisotopic (exact) mass is 328 g/mol. The van der Waals surface area contributed by atoms with Gasteiger partial charge in [-0.05, 0) is 31.5 Å². The SMILES string of the molecule is Cc1cccc(N2CCN(C(=O)c3cc(C(=O)O)[nH]n3)CC2C)c1. The van der Waals surface area contributed by atoms with E-state index in [4.69, 9.17) is 5.11 Å². The Labute approximate surface area is 139 Å². The number of H-pyrrole nitrogens is 1. The van der Waals surface area contributed by atoms with Crippen molar-refractivity contribution in [2.24, 2.45) is 0 Å². The van der Waals surface area contributed by atoms with E-state index in [0.29, 0.717) is 13.1 Å². The first kappa shape index (κ1) is 16.0. The second-order valence-corrected chi connectivity index (χ2v) is 6.10. The molecule has 1 aliphatic rings. The number of aromatic nitrogens is 2. The highest BCUT2D eigenvalue weighted by molar-refractivity contribution is 5.95. The van der Waals surface area contributed by atoms with E-state index in [-0.39, 0.29) is 23.3 Å². The maximum Gasteiger partial charge on any atom is 0.353 e. The van der Waals surface area contributed by atoms with Crippen molar-refractivity contribution >= 4 is 17.6 Å². The van der Waals surface area contributed by atoms with Gasteiger partial charge in [0.25, 0.3) is 5.91 Å². The molecule has 1 aromatic carbocycles. The number of amides is 1. The standard InChI is InChI=1S/C17H20N4O3/c1-11-4-3-5-13(8-11)21-7-6-20(10-12(21)2)16(22)14-9-15(17(23)24)19-18-14/h3-5,8-9,12H,6-7,10H2,1-2H3,(H,18,19)(H,23,24). The van der Waals surface area contributed by atoms with Crippen LogP contribution in [0.25, 0.3) is 0 Å². The third-order valence-corrected chi connectivity index (χ3v) is 4.28. The molecule has 1 aromatic heterocycles. The van der Waals surface area contributed by atoms with Gasteiger partial charge >= 0.3 is 5.97 Å². The van der Waals surface area contributed by atoms with Crippen molar-refractivity contribution in [1.82, 2.24) is 15.1 Å². The highest BCUT2D eigenvalue weighted by Crippen LogP contribution is 2.22. The highest BCUT2D eigenvalue weighted by atomic mass is 16.4. The fourth-order valence-electron chi connectivity index (χ4n) is 3.04. The summed E-state index contributed by atoms with van der Waals surface area (Å²) in [7, 11) is 0. The normalized spacial score (nSPS) is 17.8. The fourth-order valence-corrected chi connectivity index (χ4v) is 3.04. The van der Waals surface area contributed by atoms with Gasteiger partial charge in [0.1, 0.15) is 5.69 Å². The lowest BCUT2D eigenvalue weighted by Gasteiger charge is -2.41. The summed E-state index contributed by atoms with van der Waals surface area (Å²) in [4.78, 5) is 27.4. The molecule has 7 heteroatoms. The topological polar surface area (TPSA) is 89.5 Å². The molecular weight excluding hydrogens is 308 g/mol. The number of aromatic amines is 1. The van der Waals surface area contributed by atoms with Gasteiger partial charge in [-0.2, -0.15) is 5.10 Å². The number of anilines is 1. The largest absolute Gasteiger partial charge is 0.477 e. The molecule has 2 aromatic rings. The van der Waals surface area contributed by atoms with Crippen LogP contribution in [0.2, 0.25) is 0 Å². The lowest BCUT2D eigenvalue weighted by atomic mass is 10.1. The van der Waals surface area contributed by atoms with Gasteiger partial charge in [-0.1, -0.05) is 12.1 Å². The Kier molecular flexibility index (Phi) is 4.24. The van der Waals surface area contributed by atoms with Crippen LogP contribution in [0.15, 0.2) is 30.3 Å². The van der Waals surface area contributed by atoms with Gasteiger partial charge < -0.3 is 14.9 Å². The molecule has 126 valence electrons. The van der Waals surface area contributed by atoms with Crippen molar-refractivity contribution in [3.63, 3.8) is 0 Å². The number of aryl methyl sites for hydroxylation is 1. The summed E-state index contributed by atoms with van der Waals surface area (Å²) in [5.41, 5.74) is 2.42. The smallest absolute Gasteiger partial charge is 0.353 e. The highest BCUT2D eigenvalue weighted by Gasteiger charge is 2.29. The van der Waals surface area contributed by atoms with Crippen LogP contribution < -0.4 is 4.90 Å². The Morgan fingerprint density at radius 2 is 2.08 bits per heavy atom. The third-order valence-electron chi connectivity index (χ3n) is 4.28. The second-order valence-electron chi connectivity index (χ2n) is 6.10. The van der Waals surface area contributed by atoms with Crippen LogP contribution >= 0.6 is 0 Å². The Morgan fingerprint density at radius 3 is 2.71 bits per heavy atom. The van der Waals surface area contributed by atoms with Crippen molar-refractivity contribution in [3.05, 3.63) is 47.3 Å². The number of benzene rings is 1. The minimum atomic E-state index is -1.13. The number of hydrogen-bond donors (Lipinski definition) is 2. The van der Waals surface area contributed by atoms with Gasteiger partial charge in [-0.25, -0.2) is 4.79 Å². The summed E-state index contributed by atoms with van der Waals surface area (Å²) < 4.78 is 0. The van der Waals surface area contributed by atoms with E-state index in [0.717, 1.165) is 12.2 Å². The summed E-state index contributed by atoms with van der Waals surface area (Å²) in [6.07, 6.45) is 0. The minimum absolute atomic E-state index is 0.0789. The minimum Gasteiger partial charge on any atom is -0.477 e. The molecule has 7 nitrogen and oxygen atoms in total. The zero-order valence-electron chi connectivity index (χ0n) is 13.7. The van der Waals surface area contributed by atoms with Crippen LogP contribution in [0.5, 0.6) is 0 Å². The van der Waals surface area contributed by atoms with Crippen molar-refractivity contribution in [2.45, 2.75) is 19.9 Å². The number of rotatable bonds is 3. The number of aromatic carboxylic acids is 1. The summed E-state index contributed by atoms with van der Waals surface area (Å²) in [5.74, 6) is -1.37. The first-order chi connectivity index (χ1) is 11.5. The summed E-state index contributed by atoms with van der Waals surface area (Å²) in [6, 6.07) is 9.76. The van der Waals surface area contributed by atoms with Crippen molar-refractivity contribution in [2.75, 3.05) is 24.5 Å². The number of piperazine rings is 1. The summed E-state index contributed by atoms with van der Waals surface area (Å²) >= 11 is 0. The molecule has 1 atom stereocenters. The summed E-state index contributed by atoms with van der Waals surface area (Å²) in [5, 5.41) is 15.1. The molecule has 0 radical (unpaired) electrons. The lowest BCUT2D eigenvalue weighted by Crippen LogP contribution is -2.53. The number of hydrogen-bond acceptors (Lipinski definition) is 4. The molecule has 0 saturated carbocycles. The molecule has 1 unspecified atom stereocenters. The molecule has 1 saturated heterocycles. The predicted octanol–water partition coefficient (Wildman–Crippen LogP) is 1.77. The molecule has 2 heterocycles.